The van der Waals surface area contributed by atoms with Crippen LogP contribution in [0.15, 0.2) is 30.3 Å². The van der Waals surface area contributed by atoms with Crippen LogP contribution in [0.2, 0.25) is 0 Å². The number of nitrogen functional groups attached to an aromatic ring is 2. The number of nitrogens with zero attached hydrogens (tertiary/aromatic N) is 2. The van der Waals surface area contributed by atoms with Crippen LogP contribution in [0.25, 0.3) is 0 Å². The Morgan fingerprint density at radius 2 is 2.06 bits per heavy atom. The largest absolute Gasteiger partial charge is 0.383 e. The van der Waals surface area contributed by atoms with Gasteiger partial charge in [0.15, 0.2) is 0 Å². The van der Waals surface area contributed by atoms with Crippen LogP contribution >= 0.6 is 0 Å². The maximum atomic E-state index is 5.60. The molecule has 0 amide bonds. The summed E-state index contributed by atoms with van der Waals surface area (Å²) in [5.74, 6) is 1.04. The molecule has 2 rings (SSSR count). The summed E-state index contributed by atoms with van der Waals surface area (Å²) in [6.07, 6.45) is 0. The molecule has 1 aromatic carbocycles. The van der Waals surface area contributed by atoms with E-state index in [2.05, 4.69) is 15.3 Å². The number of ether oxygens (including phenoxy) is 1. The molecule has 1 heterocycles. The summed E-state index contributed by atoms with van der Waals surface area (Å²) in [6, 6.07) is 9.44. The number of nitrogens with one attached hydrogen (secondary N) is 1. The van der Waals surface area contributed by atoms with Crippen molar-refractivity contribution in [1.29, 1.82) is 0 Å². The zero-order chi connectivity index (χ0) is 13.0. The maximum Gasteiger partial charge on any atom is 0.223 e. The van der Waals surface area contributed by atoms with Crippen LogP contribution in [-0.4, -0.2) is 17.1 Å². The Bertz CT molecular complexity index is 523. The third kappa shape index (κ3) is 3.08. The first-order valence-corrected chi connectivity index (χ1v) is 5.42. The molecule has 0 spiro atoms. The van der Waals surface area contributed by atoms with Crippen LogP contribution in [0.3, 0.4) is 0 Å². The molecule has 6 heteroatoms. The highest BCUT2D eigenvalue weighted by Gasteiger charge is 2.01. The van der Waals surface area contributed by atoms with Crippen molar-refractivity contribution in [3.63, 3.8) is 0 Å². The molecule has 0 bridgehead atoms. The SMILES string of the molecule is COCc1cccc(Nc2cc(N)nc(N)n2)c1. The van der Waals surface area contributed by atoms with Crippen molar-refractivity contribution >= 4 is 23.3 Å². The van der Waals surface area contributed by atoms with E-state index >= 15 is 0 Å². The van der Waals surface area contributed by atoms with Gasteiger partial charge in [-0.1, -0.05) is 12.1 Å². The second-order valence-electron chi connectivity index (χ2n) is 3.79. The van der Waals surface area contributed by atoms with Gasteiger partial charge in [-0.05, 0) is 17.7 Å². The third-order valence-corrected chi connectivity index (χ3v) is 2.27. The van der Waals surface area contributed by atoms with Crippen molar-refractivity contribution in [2.24, 2.45) is 0 Å². The van der Waals surface area contributed by atoms with Crippen LogP contribution in [0.4, 0.5) is 23.3 Å². The lowest BCUT2D eigenvalue weighted by Crippen LogP contribution is -2.03. The van der Waals surface area contributed by atoms with Crippen LogP contribution < -0.4 is 16.8 Å². The fraction of sp³-hybridized carbons (Fsp3) is 0.167. The molecule has 5 N–H and O–H groups in total. The second-order valence-corrected chi connectivity index (χ2v) is 3.79. The van der Waals surface area contributed by atoms with Crippen molar-refractivity contribution in [3.8, 4) is 0 Å². The van der Waals surface area contributed by atoms with Gasteiger partial charge in [-0.15, -0.1) is 0 Å². The molecule has 0 aliphatic rings. The van der Waals surface area contributed by atoms with Gasteiger partial charge in [0.1, 0.15) is 11.6 Å². The third-order valence-electron chi connectivity index (χ3n) is 2.27. The molecule has 94 valence electrons. The Morgan fingerprint density at radius 3 is 2.78 bits per heavy atom. The first-order valence-electron chi connectivity index (χ1n) is 5.42. The molecule has 2 aromatic rings. The van der Waals surface area contributed by atoms with E-state index < -0.39 is 0 Å². The summed E-state index contributed by atoms with van der Waals surface area (Å²) >= 11 is 0. The van der Waals surface area contributed by atoms with Crippen molar-refractivity contribution in [3.05, 3.63) is 35.9 Å². The van der Waals surface area contributed by atoms with Crippen LogP contribution in [0, 0.1) is 0 Å². The van der Waals surface area contributed by atoms with Crippen molar-refractivity contribution < 1.29 is 4.74 Å². The van der Waals surface area contributed by atoms with Gasteiger partial charge in [0.2, 0.25) is 5.95 Å². The van der Waals surface area contributed by atoms with Crippen molar-refractivity contribution in [2.75, 3.05) is 23.9 Å². The molecule has 0 unspecified atom stereocenters. The summed E-state index contributed by atoms with van der Waals surface area (Å²) in [5, 5.41) is 3.12. The van der Waals surface area contributed by atoms with Gasteiger partial charge in [0, 0.05) is 18.9 Å². The predicted molar refractivity (Wildman–Crippen MR) is 71.3 cm³/mol. The normalized spacial score (nSPS) is 10.3. The smallest absolute Gasteiger partial charge is 0.223 e. The minimum atomic E-state index is 0.144. The Kier molecular flexibility index (Phi) is 3.59. The van der Waals surface area contributed by atoms with Gasteiger partial charge in [-0.2, -0.15) is 9.97 Å². The predicted octanol–water partition coefficient (Wildman–Crippen LogP) is 1.53. The van der Waals surface area contributed by atoms with E-state index in [1.54, 1.807) is 13.2 Å². The second kappa shape index (κ2) is 5.33. The molecule has 6 nitrogen and oxygen atoms in total. The molecule has 0 radical (unpaired) electrons. The lowest BCUT2D eigenvalue weighted by atomic mass is 10.2. The molecule has 18 heavy (non-hydrogen) atoms. The van der Waals surface area contributed by atoms with E-state index in [0.29, 0.717) is 18.2 Å². The summed E-state index contributed by atoms with van der Waals surface area (Å²) < 4.78 is 5.08. The van der Waals surface area contributed by atoms with Crippen LogP contribution in [0.5, 0.6) is 0 Å². The lowest BCUT2D eigenvalue weighted by Gasteiger charge is -2.08. The minimum absolute atomic E-state index is 0.144. The van der Waals surface area contributed by atoms with E-state index in [1.807, 2.05) is 24.3 Å². The van der Waals surface area contributed by atoms with Crippen LogP contribution in [0.1, 0.15) is 5.56 Å². The summed E-state index contributed by atoms with van der Waals surface area (Å²) in [4.78, 5) is 7.86. The fourth-order valence-corrected chi connectivity index (χ4v) is 1.60. The molecule has 0 atom stereocenters. The number of nitrogens with two attached hydrogens (primary N) is 2. The summed E-state index contributed by atoms with van der Waals surface area (Å²) in [5.41, 5.74) is 13.1. The molecule has 0 aliphatic carbocycles. The average molecular weight is 245 g/mol. The molecular weight excluding hydrogens is 230 g/mol. The van der Waals surface area contributed by atoms with E-state index in [4.69, 9.17) is 16.2 Å². The Hall–Kier alpha value is -2.34. The Labute approximate surface area is 105 Å². The highest BCUT2D eigenvalue weighted by atomic mass is 16.5. The lowest BCUT2D eigenvalue weighted by molar-refractivity contribution is 0.185. The number of benzene rings is 1. The van der Waals surface area contributed by atoms with Crippen molar-refractivity contribution in [2.45, 2.75) is 6.61 Å². The van der Waals surface area contributed by atoms with E-state index in [-0.39, 0.29) is 5.95 Å². The van der Waals surface area contributed by atoms with Gasteiger partial charge in [-0.3, -0.25) is 0 Å². The number of hydrogen-bond donors (Lipinski definition) is 3. The average Bonchev–Trinajstić information content (AvgIpc) is 2.28. The zero-order valence-corrected chi connectivity index (χ0v) is 10.1. The fourth-order valence-electron chi connectivity index (χ4n) is 1.60. The molecule has 1 aromatic heterocycles. The molecule has 0 fully saturated rings. The highest BCUT2D eigenvalue weighted by Crippen LogP contribution is 2.18. The highest BCUT2D eigenvalue weighted by molar-refractivity contribution is 5.60. The number of rotatable bonds is 4. The van der Waals surface area contributed by atoms with E-state index in [1.165, 1.54) is 0 Å². The van der Waals surface area contributed by atoms with Gasteiger partial charge in [0.25, 0.3) is 0 Å². The quantitative estimate of drug-likeness (QED) is 0.755. The van der Waals surface area contributed by atoms with Gasteiger partial charge in [0.05, 0.1) is 6.61 Å². The summed E-state index contributed by atoms with van der Waals surface area (Å²) in [7, 11) is 1.66. The minimum Gasteiger partial charge on any atom is -0.383 e. The van der Waals surface area contributed by atoms with Gasteiger partial charge >= 0.3 is 0 Å². The number of hydrogen-bond acceptors (Lipinski definition) is 6. The van der Waals surface area contributed by atoms with Crippen LogP contribution in [-0.2, 0) is 11.3 Å². The molecule has 0 aliphatic heterocycles. The zero-order valence-electron chi connectivity index (χ0n) is 10.1. The first kappa shape index (κ1) is 12.1. The number of aromatic nitrogens is 2. The van der Waals surface area contributed by atoms with E-state index in [0.717, 1.165) is 11.3 Å². The molecule has 0 saturated heterocycles. The number of methoxy groups -OCH3 is 1. The molecule has 0 saturated carbocycles. The topological polar surface area (TPSA) is 99.1 Å². The first-order chi connectivity index (χ1) is 8.67. The molecular formula is C12H15N5O. The van der Waals surface area contributed by atoms with Gasteiger partial charge in [-0.25, -0.2) is 0 Å². The van der Waals surface area contributed by atoms with E-state index in [9.17, 15) is 0 Å². The summed E-state index contributed by atoms with van der Waals surface area (Å²) in [6.45, 7) is 0.559. The monoisotopic (exact) mass is 245 g/mol. The standard InChI is InChI=1S/C12H15N5O/c1-18-7-8-3-2-4-9(5-8)15-11-6-10(13)16-12(14)17-11/h2-6H,7H2,1H3,(H5,13,14,15,16,17). The Balaban J connectivity index is 2.20. The Morgan fingerprint density at radius 1 is 1.22 bits per heavy atom. The maximum absolute atomic E-state index is 5.60. The van der Waals surface area contributed by atoms with Crippen molar-refractivity contribution in [1.82, 2.24) is 9.97 Å². The van der Waals surface area contributed by atoms with Gasteiger partial charge < -0.3 is 21.5 Å². The number of anilines is 4.